The Morgan fingerprint density at radius 3 is 2.85 bits per heavy atom. The molecule has 2 aromatic heterocycles. The standard InChI is InChI=1S/C21H26N2O2S/c24-17(14-25-15-18-4-3-11-26-18)13-23-9-7-16(8-10-23)20-12-22-21-6-2-1-5-19(20)21/h1-6,11-12,16-17,22,24H,7-10,13-15H2. The van der Waals surface area contributed by atoms with Crippen LogP contribution in [0.25, 0.3) is 10.9 Å². The summed E-state index contributed by atoms with van der Waals surface area (Å²) < 4.78 is 5.64. The molecule has 1 unspecified atom stereocenters. The van der Waals surface area contributed by atoms with Gasteiger partial charge in [-0.3, -0.25) is 0 Å². The number of fused-ring (bicyclic) bond motifs is 1. The van der Waals surface area contributed by atoms with Crippen LogP contribution in [-0.4, -0.2) is 47.3 Å². The van der Waals surface area contributed by atoms with E-state index in [4.69, 9.17) is 4.74 Å². The highest BCUT2D eigenvalue weighted by atomic mass is 32.1. The Hall–Kier alpha value is -1.66. The fourth-order valence-electron chi connectivity index (χ4n) is 3.90. The highest BCUT2D eigenvalue weighted by Gasteiger charge is 2.24. The molecule has 0 amide bonds. The highest BCUT2D eigenvalue weighted by Crippen LogP contribution is 2.33. The van der Waals surface area contributed by atoms with Crippen LogP contribution in [0.15, 0.2) is 48.0 Å². The van der Waals surface area contributed by atoms with E-state index in [-0.39, 0.29) is 0 Å². The lowest BCUT2D eigenvalue weighted by molar-refractivity contribution is 0.00697. The minimum Gasteiger partial charge on any atom is -0.389 e. The predicted molar refractivity (Wildman–Crippen MR) is 107 cm³/mol. The van der Waals surface area contributed by atoms with Gasteiger partial charge in [-0.05, 0) is 54.9 Å². The van der Waals surface area contributed by atoms with Crippen LogP contribution in [0.1, 0.15) is 29.2 Å². The number of benzene rings is 1. The van der Waals surface area contributed by atoms with E-state index in [0.717, 1.165) is 25.9 Å². The number of likely N-dealkylation sites (tertiary alicyclic amines) is 1. The normalized spacial score (nSPS) is 17.7. The Morgan fingerprint density at radius 2 is 2.04 bits per heavy atom. The molecule has 4 rings (SSSR count). The van der Waals surface area contributed by atoms with Gasteiger partial charge in [0.1, 0.15) is 0 Å². The maximum atomic E-state index is 10.3. The summed E-state index contributed by atoms with van der Waals surface area (Å²) in [6.45, 7) is 3.76. The third kappa shape index (κ3) is 4.18. The van der Waals surface area contributed by atoms with Gasteiger partial charge in [0.25, 0.3) is 0 Å². The van der Waals surface area contributed by atoms with Gasteiger partial charge in [0.15, 0.2) is 0 Å². The largest absolute Gasteiger partial charge is 0.389 e. The van der Waals surface area contributed by atoms with E-state index < -0.39 is 6.10 Å². The number of hydrogen-bond acceptors (Lipinski definition) is 4. The van der Waals surface area contributed by atoms with Gasteiger partial charge in [-0.25, -0.2) is 0 Å². The molecule has 3 aromatic rings. The van der Waals surface area contributed by atoms with Crippen molar-refractivity contribution in [2.75, 3.05) is 26.2 Å². The zero-order valence-electron chi connectivity index (χ0n) is 14.9. The van der Waals surface area contributed by atoms with E-state index in [1.54, 1.807) is 11.3 Å². The zero-order chi connectivity index (χ0) is 17.8. The molecule has 1 aliphatic heterocycles. The van der Waals surface area contributed by atoms with Crippen molar-refractivity contribution in [2.24, 2.45) is 0 Å². The molecule has 2 N–H and O–H groups in total. The van der Waals surface area contributed by atoms with Gasteiger partial charge in [0, 0.05) is 28.5 Å². The number of ether oxygens (including phenoxy) is 1. The van der Waals surface area contributed by atoms with E-state index >= 15 is 0 Å². The third-order valence-corrected chi connectivity index (χ3v) is 6.10. The number of piperidine rings is 1. The summed E-state index contributed by atoms with van der Waals surface area (Å²) in [6, 6.07) is 12.6. The lowest BCUT2D eigenvalue weighted by Gasteiger charge is -2.33. The summed E-state index contributed by atoms with van der Waals surface area (Å²) in [4.78, 5) is 6.97. The quantitative estimate of drug-likeness (QED) is 0.661. The Morgan fingerprint density at radius 1 is 1.19 bits per heavy atom. The molecule has 5 heteroatoms. The van der Waals surface area contributed by atoms with E-state index in [0.29, 0.717) is 25.7 Å². The molecule has 3 heterocycles. The van der Waals surface area contributed by atoms with Crippen LogP contribution in [0, 0.1) is 0 Å². The van der Waals surface area contributed by atoms with Gasteiger partial charge in [0.2, 0.25) is 0 Å². The fraction of sp³-hybridized carbons (Fsp3) is 0.429. The number of β-amino-alcohol motifs (C(OH)–C–C–N with tert-alkyl or cyclic N) is 1. The number of aromatic nitrogens is 1. The molecule has 1 saturated heterocycles. The maximum absolute atomic E-state index is 10.3. The van der Waals surface area contributed by atoms with Gasteiger partial charge in [-0.15, -0.1) is 11.3 Å². The highest BCUT2D eigenvalue weighted by molar-refractivity contribution is 7.09. The molecule has 4 nitrogen and oxygen atoms in total. The number of rotatable bonds is 7. The van der Waals surface area contributed by atoms with Crippen molar-refractivity contribution < 1.29 is 9.84 Å². The van der Waals surface area contributed by atoms with Crippen molar-refractivity contribution in [1.82, 2.24) is 9.88 Å². The van der Waals surface area contributed by atoms with Crippen LogP contribution in [0.5, 0.6) is 0 Å². The molecule has 1 atom stereocenters. The van der Waals surface area contributed by atoms with Crippen molar-refractivity contribution in [3.8, 4) is 0 Å². The average Bonchev–Trinajstić information content (AvgIpc) is 3.32. The van der Waals surface area contributed by atoms with E-state index in [1.807, 2.05) is 11.4 Å². The van der Waals surface area contributed by atoms with Crippen molar-refractivity contribution >= 4 is 22.2 Å². The fourth-order valence-corrected chi connectivity index (χ4v) is 4.54. The molecule has 138 valence electrons. The van der Waals surface area contributed by atoms with Crippen molar-refractivity contribution in [1.29, 1.82) is 0 Å². The van der Waals surface area contributed by atoms with Crippen LogP contribution in [-0.2, 0) is 11.3 Å². The second-order valence-corrected chi connectivity index (χ2v) is 8.15. The summed E-state index contributed by atoms with van der Waals surface area (Å²) in [5.41, 5.74) is 2.67. The zero-order valence-corrected chi connectivity index (χ0v) is 15.8. The summed E-state index contributed by atoms with van der Waals surface area (Å²) in [6.07, 6.45) is 4.05. The lowest BCUT2D eigenvalue weighted by atomic mass is 9.89. The van der Waals surface area contributed by atoms with Crippen LogP contribution >= 0.6 is 11.3 Å². The minimum atomic E-state index is -0.417. The molecule has 1 aromatic carbocycles. The third-order valence-electron chi connectivity index (χ3n) is 5.25. The van der Waals surface area contributed by atoms with Gasteiger partial charge >= 0.3 is 0 Å². The van der Waals surface area contributed by atoms with E-state index in [9.17, 15) is 5.11 Å². The molecule has 1 fully saturated rings. The first-order chi connectivity index (χ1) is 12.8. The lowest BCUT2D eigenvalue weighted by Crippen LogP contribution is -2.39. The molecule has 26 heavy (non-hydrogen) atoms. The van der Waals surface area contributed by atoms with Crippen LogP contribution in [0.3, 0.4) is 0 Å². The first kappa shape index (κ1) is 17.7. The Kier molecular flexibility index (Phi) is 5.70. The predicted octanol–water partition coefficient (Wildman–Crippen LogP) is 3.99. The number of aromatic amines is 1. The maximum Gasteiger partial charge on any atom is 0.0900 e. The van der Waals surface area contributed by atoms with Crippen molar-refractivity contribution in [3.63, 3.8) is 0 Å². The second kappa shape index (κ2) is 8.35. The molecule has 0 aliphatic carbocycles. The summed E-state index contributed by atoms with van der Waals surface area (Å²) in [5.74, 6) is 0.606. The molecule has 0 spiro atoms. The Labute approximate surface area is 158 Å². The van der Waals surface area contributed by atoms with Gasteiger partial charge < -0.3 is 19.7 Å². The van der Waals surface area contributed by atoms with Gasteiger partial charge in [-0.2, -0.15) is 0 Å². The first-order valence-corrected chi connectivity index (χ1v) is 10.2. The number of nitrogens with one attached hydrogen (secondary N) is 1. The van der Waals surface area contributed by atoms with Gasteiger partial charge in [-0.1, -0.05) is 24.3 Å². The summed E-state index contributed by atoms with van der Waals surface area (Å²) in [7, 11) is 0. The van der Waals surface area contributed by atoms with E-state index in [2.05, 4.69) is 46.4 Å². The summed E-state index contributed by atoms with van der Waals surface area (Å²) in [5, 5.41) is 13.7. The molecule has 1 aliphatic rings. The molecular weight excluding hydrogens is 344 g/mol. The minimum absolute atomic E-state index is 0.403. The number of H-pyrrole nitrogens is 1. The molecular formula is C21H26N2O2S. The van der Waals surface area contributed by atoms with Crippen molar-refractivity contribution in [3.05, 3.63) is 58.4 Å². The number of para-hydroxylation sites is 1. The number of thiophene rings is 1. The monoisotopic (exact) mass is 370 g/mol. The topological polar surface area (TPSA) is 48.5 Å². The Balaban J connectivity index is 1.23. The number of nitrogens with zero attached hydrogens (tertiary/aromatic N) is 1. The number of hydrogen-bond donors (Lipinski definition) is 2. The van der Waals surface area contributed by atoms with Crippen molar-refractivity contribution in [2.45, 2.75) is 31.5 Å². The molecule has 0 bridgehead atoms. The molecule has 0 saturated carbocycles. The first-order valence-electron chi connectivity index (χ1n) is 9.36. The van der Waals surface area contributed by atoms with Crippen LogP contribution < -0.4 is 0 Å². The SMILES string of the molecule is OC(COCc1cccs1)CN1CCC(c2c[nH]c3ccccc23)CC1. The Bertz CT molecular complexity index is 806. The number of aliphatic hydroxyl groups excluding tert-OH is 1. The van der Waals surface area contributed by atoms with Crippen LogP contribution in [0.2, 0.25) is 0 Å². The smallest absolute Gasteiger partial charge is 0.0900 e. The second-order valence-electron chi connectivity index (χ2n) is 7.11. The average molecular weight is 371 g/mol. The van der Waals surface area contributed by atoms with E-state index in [1.165, 1.54) is 21.3 Å². The van der Waals surface area contributed by atoms with Gasteiger partial charge in [0.05, 0.1) is 19.3 Å². The molecule has 0 radical (unpaired) electrons. The number of aliphatic hydroxyl groups is 1. The summed E-state index contributed by atoms with van der Waals surface area (Å²) >= 11 is 1.69. The van der Waals surface area contributed by atoms with Crippen LogP contribution in [0.4, 0.5) is 0 Å².